The molecule has 0 fully saturated rings. The fraction of sp³-hybridized carbons (Fsp3) is 0.0833. The van der Waals surface area contributed by atoms with Crippen LogP contribution in [-0.4, -0.2) is 22.0 Å². The molecule has 0 saturated carbocycles. The largest absolute Gasteiger partial charge is 0.477 e. The minimum Gasteiger partial charge on any atom is -0.477 e. The van der Waals surface area contributed by atoms with Gasteiger partial charge < -0.3 is 5.11 Å². The topological polar surface area (TPSA) is 79.3 Å². The number of carbonyl (C=O) groups excluding carboxylic acids is 1. The summed E-state index contributed by atoms with van der Waals surface area (Å²) in [7, 11) is 0. The van der Waals surface area contributed by atoms with Gasteiger partial charge in [0.2, 0.25) is 0 Å². The van der Waals surface area contributed by atoms with E-state index in [1.54, 1.807) is 0 Å². The minimum absolute atomic E-state index is 0.0331. The number of rotatable bonds is 3. The quantitative estimate of drug-likeness (QED) is 0.911. The van der Waals surface area contributed by atoms with Crippen LogP contribution < -0.4 is 5.32 Å². The number of aromatic nitrogens is 1. The monoisotopic (exact) mass is 314 g/mol. The molecular formula is C12H8ClFN2O3S. The standard InChI is InChI=1S/C12H8ClFN2O3S/c1-5-9(11(18)19)20-12(15-5)16-10(17)7-3-2-6(14)4-8(7)13/h2-4H,1H3,(H,18,19)(H,15,16,17). The summed E-state index contributed by atoms with van der Waals surface area (Å²) in [5.74, 6) is -2.24. The number of hydrogen-bond acceptors (Lipinski definition) is 4. The number of thiazole rings is 1. The van der Waals surface area contributed by atoms with E-state index in [0.29, 0.717) is 5.69 Å². The van der Waals surface area contributed by atoms with E-state index in [2.05, 4.69) is 10.3 Å². The maximum Gasteiger partial charge on any atom is 0.347 e. The SMILES string of the molecule is Cc1nc(NC(=O)c2ccc(F)cc2Cl)sc1C(=O)O. The van der Waals surface area contributed by atoms with Gasteiger partial charge in [-0.3, -0.25) is 10.1 Å². The number of aromatic carboxylic acids is 1. The Morgan fingerprint density at radius 3 is 2.70 bits per heavy atom. The normalized spacial score (nSPS) is 10.3. The van der Waals surface area contributed by atoms with E-state index in [4.69, 9.17) is 16.7 Å². The Kier molecular flexibility index (Phi) is 4.01. The number of hydrogen-bond donors (Lipinski definition) is 2. The molecule has 0 saturated heterocycles. The molecule has 2 rings (SSSR count). The van der Waals surface area contributed by atoms with Crippen LogP contribution in [-0.2, 0) is 0 Å². The molecule has 104 valence electrons. The van der Waals surface area contributed by atoms with Crippen LogP contribution in [0.25, 0.3) is 0 Å². The maximum atomic E-state index is 12.9. The van der Waals surface area contributed by atoms with Gasteiger partial charge >= 0.3 is 5.97 Å². The summed E-state index contributed by atoms with van der Waals surface area (Å²) in [6.45, 7) is 1.53. The van der Waals surface area contributed by atoms with Crippen molar-refractivity contribution in [1.29, 1.82) is 0 Å². The van der Waals surface area contributed by atoms with Crippen molar-refractivity contribution in [2.75, 3.05) is 5.32 Å². The van der Waals surface area contributed by atoms with E-state index >= 15 is 0 Å². The van der Waals surface area contributed by atoms with Crippen LogP contribution in [0.15, 0.2) is 18.2 Å². The number of aryl methyl sites for hydroxylation is 1. The number of carboxylic acids is 1. The summed E-state index contributed by atoms with van der Waals surface area (Å²) in [5, 5.41) is 11.4. The summed E-state index contributed by atoms with van der Waals surface area (Å²) in [4.78, 5) is 26.8. The van der Waals surface area contributed by atoms with Crippen molar-refractivity contribution in [2.24, 2.45) is 0 Å². The first-order valence-electron chi connectivity index (χ1n) is 5.35. The van der Waals surface area contributed by atoms with Gasteiger partial charge in [0.15, 0.2) is 5.13 Å². The molecule has 0 atom stereocenters. The van der Waals surface area contributed by atoms with Crippen molar-refractivity contribution in [3.8, 4) is 0 Å². The number of nitrogens with one attached hydrogen (secondary N) is 1. The Balaban J connectivity index is 2.23. The summed E-state index contributed by atoms with van der Waals surface area (Å²) < 4.78 is 12.9. The smallest absolute Gasteiger partial charge is 0.347 e. The molecule has 2 N–H and O–H groups in total. The molecule has 0 bridgehead atoms. The van der Waals surface area contributed by atoms with Crippen molar-refractivity contribution in [1.82, 2.24) is 4.98 Å². The summed E-state index contributed by atoms with van der Waals surface area (Å²) in [6.07, 6.45) is 0. The van der Waals surface area contributed by atoms with Crippen LogP contribution in [0.3, 0.4) is 0 Å². The first kappa shape index (κ1) is 14.4. The number of amides is 1. The van der Waals surface area contributed by atoms with E-state index in [-0.39, 0.29) is 20.6 Å². The molecule has 1 heterocycles. The molecule has 0 aliphatic heterocycles. The fourth-order valence-corrected chi connectivity index (χ4v) is 2.54. The number of halogens is 2. The minimum atomic E-state index is -1.11. The van der Waals surface area contributed by atoms with Crippen LogP contribution in [0.4, 0.5) is 9.52 Å². The molecule has 0 aliphatic rings. The molecule has 1 aromatic carbocycles. The Bertz CT molecular complexity index is 702. The van der Waals surface area contributed by atoms with Gasteiger partial charge in [-0.2, -0.15) is 0 Å². The summed E-state index contributed by atoms with van der Waals surface area (Å²) in [6, 6.07) is 3.37. The molecule has 0 radical (unpaired) electrons. The Morgan fingerprint density at radius 2 is 2.15 bits per heavy atom. The van der Waals surface area contributed by atoms with Crippen molar-refractivity contribution in [3.63, 3.8) is 0 Å². The highest BCUT2D eigenvalue weighted by Gasteiger charge is 2.17. The molecule has 0 unspecified atom stereocenters. The Morgan fingerprint density at radius 1 is 1.45 bits per heavy atom. The van der Waals surface area contributed by atoms with Crippen LogP contribution in [0.1, 0.15) is 25.7 Å². The second-order valence-corrected chi connectivity index (χ2v) is 5.22. The Labute approximate surface area is 122 Å². The number of benzene rings is 1. The lowest BCUT2D eigenvalue weighted by Gasteiger charge is -2.03. The van der Waals surface area contributed by atoms with Gasteiger partial charge in [-0.1, -0.05) is 22.9 Å². The fourth-order valence-electron chi connectivity index (χ4n) is 1.49. The second kappa shape index (κ2) is 5.56. The zero-order chi connectivity index (χ0) is 14.9. The predicted molar refractivity (Wildman–Crippen MR) is 73.2 cm³/mol. The molecule has 20 heavy (non-hydrogen) atoms. The lowest BCUT2D eigenvalue weighted by atomic mass is 10.2. The van der Waals surface area contributed by atoms with Crippen molar-refractivity contribution >= 4 is 39.9 Å². The number of carboxylic acid groups (broad SMARTS) is 1. The van der Waals surface area contributed by atoms with Crippen molar-refractivity contribution in [2.45, 2.75) is 6.92 Å². The molecule has 5 nitrogen and oxygen atoms in total. The van der Waals surface area contributed by atoms with E-state index < -0.39 is 17.7 Å². The van der Waals surface area contributed by atoms with Crippen LogP contribution >= 0.6 is 22.9 Å². The van der Waals surface area contributed by atoms with E-state index in [0.717, 1.165) is 23.5 Å². The lowest BCUT2D eigenvalue weighted by molar-refractivity contribution is 0.0701. The molecule has 8 heteroatoms. The molecule has 1 amide bonds. The first-order valence-corrected chi connectivity index (χ1v) is 6.55. The van der Waals surface area contributed by atoms with Crippen LogP contribution in [0, 0.1) is 12.7 Å². The number of carbonyl (C=O) groups is 2. The van der Waals surface area contributed by atoms with Crippen LogP contribution in [0.5, 0.6) is 0 Å². The highest BCUT2D eigenvalue weighted by molar-refractivity contribution is 7.17. The van der Waals surface area contributed by atoms with Crippen molar-refractivity contribution < 1.29 is 19.1 Å². The highest BCUT2D eigenvalue weighted by Crippen LogP contribution is 2.24. The lowest BCUT2D eigenvalue weighted by Crippen LogP contribution is -2.12. The van der Waals surface area contributed by atoms with Crippen molar-refractivity contribution in [3.05, 3.63) is 45.2 Å². The second-order valence-electron chi connectivity index (χ2n) is 3.82. The third kappa shape index (κ3) is 2.94. The number of anilines is 1. The van der Waals surface area contributed by atoms with E-state index in [1.807, 2.05) is 0 Å². The third-order valence-electron chi connectivity index (χ3n) is 2.39. The average molecular weight is 315 g/mol. The van der Waals surface area contributed by atoms with Gasteiger partial charge in [-0.05, 0) is 25.1 Å². The zero-order valence-corrected chi connectivity index (χ0v) is 11.7. The van der Waals surface area contributed by atoms with Gasteiger partial charge in [0, 0.05) is 0 Å². The number of nitrogens with zero attached hydrogens (tertiary/aromatic N) is 1. The van der Waals surface area contributed by atoms with Gasteiger partial charge in [-0.25, -0.2) is 14.2 Å². The molecule has 2 aromatic rings. The first-order chi connectivity index (χ1) is 9.38. The highest BCUT2D eigenvalue weighted by atomic mass is 35.5. The molecule has 0 aliphatic carbocycles. The molecular weight excluding hydrogens is 307 g/mol. The van der Waals surface area contributed by atoms with Gasteiger partial charge in [0.25, 0.3) is 5.91 Å². The predicted octanol–water partition coefficient (Wildman–Crippen LogP) is 3.19. The maximum absolute atomic E-state index is 12.9. The van der Waals surface area contributed by atoms with Gasteiger partial charge in [-0.15, -0.1) is 0 Å². The summed E-state index contributed by atoms with van der Waals surface area (Å²) in [5.41, 5.74) is 0.390. The van der Waals surface area contributed by atoms with Crippen LogP contribution in [0.2, 0.25) is 5.02 Å². The molecule has 1 aromatic heterocycles. The third-order valence-corrected chi connectivity index (χ3v) is 3.76. The van der Waals surface area contributed by atoms with E-state index in [1.165, 1.54) is 13.0 Å². The summed E-state index contributed by atoms with van der Waals surface area (Å²) >= 11 is 6.61. The van der Waals surface area contributed by atoms with E-state index in [9.17, 15) is 14.0 Å². The molecule has 0 spiro atoms. The Hall–Kier alpha value is -1.99. The van der Waals surface area contributed by atoms with Gasteiger partial charge in [0.05, 0.1) is 16.3 Å². The van der Waals surface area contributed by atoms with Gasteiger partial charge in [0.1, 0.15) is 10.7 Å². The average Bonchev–Trinajstić information content (AvgIpc) is 2.70. The zero-order valence-electron chi connectivity index (χ0n) is 10.1.